The van der Waals surface area contributed by atoms with Crippen LogP contribution in [0.25, 0.3) is 0 Å². The Morgan fingerprint density at radius 3 is 2.32 bits per heavy atom. The first kappa shape index (κ1) is 22.3. The van der Waals surface area contributed by atoms with Gasteiger partial charge in [-0.1, -0.05) is 65.1 Å². The third-order valence-electron chi connectivity index (χ3n) is 5.67. The molecule has 0 amide bonds. The Bertz CT molecular complexity index is 1050. The standard InChI is InChI=1S/C24H23Cl3N2O2/c25-17-7-5-16(6-8-17)22-14-28(15-24(31)19-3-1-2-4-23(19)30)11-12-29(22)21-10-9-18(26)13-20(21)27/h1-10,13,22,24,30-31H,11-12,14-15H2/t22-,24?/m0/s1. The van der Waals surface area contributed by atoms with Gasteiger partial charge in [-0.05, 0) is 42.0 Å². The lowest BCUT2D eigenvalue weighted by molar-refractivity contribution is 0.0986. The number of nitrogens with zero attached hydrogens (tertiary/aromatic N) is 2. The molecule has 3 aromatic rings. The highest BCUT2D eigenvalue weighted by Gasteiger charge is 2.31. The lowest BCUT2D eigenvalue weighted by Gasteiger charge is -2.44. The third-order valence-corrected chi connectivity index (χ3v) is 6.46. The fourth-order valence-corrected chi connectivity index (χ4v) is 4.73. The number of anilines is 1. The van der Waals surface area contributed by atoms with E-state index in [0.29, 0.717) is 33.7 Å². The van der Waals surface area contributed by atoms with Crippen LogP contribution in [0.5, 0.6) is 5.75 Å². The molecule has 0 saturated carbocycles. The van der Waals surface area contributed by atoms with Gasteiger partial charge in [0.15, 0.2) is 0 Å². The van der Waals surface area contributed by atoms with Crippen molar-refractivity contribution in [2.75, 3.05) is 31.1 Å². The van der Waals surface area contributed by atoms with E-state index in [0.717, 1.165) is 24.3 Å². The second-order valence-electron chi connectivity index (χ2n) is 7.69. The minimum Gasteiger partial charge on any atom is -0.508 e. The highest BCUT2D eigenvalue weighted by Crippen LogP contribution is 2.37. The number of halogens is 3. The molecule has 1 saturated heterocycles. The highest BCUT2D eigenvalue weighted by molar-refractivity contribution is 6.36. The molecule has 4 rings (SSSR count). The van der Waals surface area contributed by atoms with Crippen molar-refractivity contribution in [1.82, 2.24) is 4.90 Å². The summed E-state index contributed by atoms with van der Waals surface area (Å²) in [7, 11) is 0. The van der Waals surface area contributed by atoms with Gasteiger partial charge in [0.2, 0.25) is 0 Å². The van der Waals surface area contributed by atoms with Crippen molar-refractivity contribution >= 4 is 40.5 Å². The van der Waals surface area contributed by atoms with Crippen molar-refractivity contribution in [3.05, 3.63) is 92.9 Å². The first-order valence-electron chi connectivity index (χ1n) is 10.1. The third kappa shape index (κ3) is 5.11. The van der Waals surface area contributed by atoms with Crippen molar-refractivity contribution < 1.29 is 10.2 Å². The van der Waals surface area contributed by atoms with Crippen LogP contribution in [0.2, 0.25) is 15.1 Å². The number of phenols is 1. The smallest absolute Gasteiger partial charge is 0.121 e. The number of aliphatic hydroxyl groups is 1. The van der Waals surface area contributed by atoms with Gasteiger partial charge in [-0.25, -0.2) is 0 Å². The van der Waals surface area contributed by atoms with E-state index < -0.39 is 6.10 Å². The van der Waals surface area contributed by atoms with Crippen LogP contribution in [0.4, 0.5) is 5.69 Å². The summed E-state index contributed by atoms with van der Waals surface area (Å²) in [6.07, 6.45) is -0.780. The van der Waals surface area contributed by atoms with E-state index >= 15 is 0 Å². The van der Waals surface area contributed by atoms with Gasteiger partial charge in [0.05, 0.1) is 22.9 Å². The molecule has 7 heteroatoms. The predicted octanol–water partition coefficient (Wildman–Crippen LogP) is 5.95. The zero-order chi connectivity index (χ0) is 22.0. The summed E-state index contributed by atoms with van der Waals surface area (Å²) in [5.41, 5.74) is 2.57. The fourth-order valence-electron chi connectivity index (χ4n) is 4.09. The SMILES string of the molecule is Oc1ccccc1C(O)CN1CCN(c2ccc(Cl)cc2Cl)[C@H](c2ccc(Cl)cc2)C1. The molecule has 0 aromatic heterocycles. The number of aliphatic hydroxyl groups excluding tert-OH is 1. The van der Waals surface area contributed by atoms with Gasteiger partial charge in [-0.3, -0.25) is 4.90 Å². The number of rotatable bonds is 5. The molecule has 1 aliphatic rings. The van der Waals surface area contributed by atoms with Crippen LogP contribution in [0.15, 0.2) is 66.7 Å². The second kappa shape index (κ2) is 9.68. The van der Waals surface area contributed by atoms with Crippen LogP contribution in [0.3, 0.4) is 0 Å². The average molecular weight is 478 g/mol. The molecule has 162 valence electrons. The molecule has 31 heavy (non-hydrogen) atoms. The van der Waals surface area contributed by atoms with Crippen LogP contribution >= 0.6 is 34.8 Å². The fraction of sp³-hybridized carbons (Fsp3) is 0.250. The first-order valence-corrected chi connectivity index (χ1v) is 11.2. The normalized spacial score (nSPS) is 18.2. The zero-order valence-electron chi connectivity index (χ0n) is 16.8. The van der Waals surface area contributed by atoms with Crippen molar-refractivity contribution in [3.63, 3.8) is 0 Å². The minimum atomic E-state index is -0.780. The predicted molar refractivity (Wildman–Crippen MR) is 128 cm³/mol. The minimum absolute atomic E-state index is 0.0151. The summed E-state index contributed by atoms with van der Waals surface area (Å²) in [5.74, 6) is 0.107. The van der Waals surface area contributed by atoms with Gasteiger partial charge < -0.3 is 15.1 Å². The van der Waals surface area contributed by atoms with Gasteiger partial charge in [-0.15, -0.1) is 0 Å². The van der Waals surface area contributed by atoms with E-state index in [9.17, 15) is 10.2 Å². The van der Waals surface area contributed by atoms with Crippen LogP contribution in [-0.2, 0) is 0 Å². The zero-order valence-corrected chi connectivity index (χ0v) is 19.0. The summed E-state index contributed by atoms with van der Waals surface area (Å²) < 4.78 is 0. The maximum absolute atomic E-state index is 10.7. The van der Waals surface area contributed by atoms with Crippen LogP contribution in [-0.4, -0.2) is 41.3 Å². The molecule has 1 unspecified atom stereocenters. The van der Waals surface area contributed by atoms with Crippen LogP contribution < -0.4 is 4.90 Å². The molecule has 0 bridgehead atoms. The molecule has 2 atom stereocenters. The first-order chi connectivity index (χ1) is 14.9. The Balaban J connectivity index is 1.59. The molecule has 1 aliphatic heterocycles. The van der Waals surface area contributed by atoms with Crippen LogP contribution in [0.1, 0.15) is 23.3 Å². The largest absolute Gasteiger partial charge is 0.508 e. The number of benzene rings is 3. The summed E-state index contributed by atoms with van der Waals surface area (Å²) in [6.45, 7) is 2.57. The molecule has 0 spiro atoms. The lowest BCUT2D eigenvalue weighted by atomic mass is 10.00. The lowest BCUT2D eigenvalue weighted by Crippen LogP contribution is -2.49. The molecule has 2 N–H and O–H groups in total. The van der Waals surface area contributed by atoms with Gasteiger partial charge in [-0.2, -0.15) is 0 Å². The Morgan fingerprint density at radius 1 is 0.903 bits per heavy atom. The van der Waals surface area contributed by atoms with Crippen molar-refractivity contribution in [2.24, 2.45) is 0 Å². The summed E-state index contributed by atoms with van der Waals surface area (Å²) >= 11 is 18.7. The molecule has 0 radical (unpaired) electrons. The Morgan fingerprint density at radius 2 is 1.61 bits per heavy atom. The number of piperazine rings is 1. The van der Waals surface area contributed by atoms with E-state index in [4.69, 9.17) is 34.8 Å². The number of hydrogen-bond acceptors (Lipinski definition) is 4. The topological polar surface area (TPSA) is 46.9 Å². The Kier molecular flexibility index (Phi) is 6.95. The Hall–Kier alpha value is -1.95. The average Bonchev–Trinajstić information content (AvgIpc) is 2.75. The maximum Gasteiger partial charge on any atom is 0.121 e. The summed E-state index contributed by atoms with van der Waals surface area (Å²) in [5, 5.41) is 22.7. The van der Waals surface area contributed by atoms with E-state index in [-0.39, 0.29) is 11.8 Å². The monoisotopic (exact) mass is 476 g/mol. The molecule has 1 heterocycles. The molecular formula is C24H23Cl3N2O2. The van der Waals surface area contributed by atoms with Gasteiger partial charge in [0.25, 0.3) is 0 Å². The number of para-hydroxylation sites is 1. The van der Waals surface area contributed by atoms with Gasteiger partial charge in [0, 0.05) is 41.8 Å². The summed E-state index contributed by atoms with van der Waals surface area (Å²) in [4.78, 5) is 4.47. The summed E-state index contributed by atoms with van der Waals surface area (Å²) in [6, 6.07) is 20.3. The molecular weight excluding hydrogens is 455 g/mol. The van der Waals surface area contributed by atoms with E-state index in [2.05, 4.69) is 9.80 Å². The van der Waals surface area contributed by atoms with Gasteiger partial charge in [0.1, 0.15) is 5.75 Å². The van der Waals surface area contributed by atoms with Gasteiger partial charge >= 0.3 is 0 Å². The van der Waals surface area contributed by atoms with Crippen molar-refractivity contribution in [2.45, 2.75) is 12.1 Å². The highest BCUT2D eigenvalue weighted by atomic mass is 35.5. The molecule has 0 aliphatic carbocycles. The maximum atomic E-state index is 10.7. The number of aromatic hydroxyl groups is 1. The quantitative estimate of drug-likeness (QED) is 0.477. The van der Waals surface area contributed by atoms with Crippen LogP contribution in [0, 0.1) is 0 Å². The Labute approximate surface area is 197 Å². The van der Waals surface area contributed by atoms with E-state index in [1.54, 1.807) is 24.3 Å². The number of β-amino-alcohol motifs (C(OH)–C–C–N with tert-alkyl or cyclic N) is 1. The molecule has 1 fully saturated rings. The molecule has 4 nitrogen and oxygen atoms in total. The van der Waals surface area contributed by atoms with E-state index in [1.165, 1.54) is 0 Å². The number of hydrogen-bond donors (Lipinski definition) is 2. The molecule has 3 aromatic carbocycles. The number of phenolic OH excluding ortho intramolecular Hbond substituents is 1. The second-order valence-corrected chi connectivity index (χ2v) is 8.97. The van der Waals surface area contributed by atoms with Crippen molar-refractivity contribution in [1.29, 1.82) is 0 Å². The van der Waals surface area contributed by atoms with E-state index in [1.807, 2.05) is 42.5 Å². The van der Waals surface area contributed by atoms with Crippen molar-refractivity contribution in [3.8, 4) is 5.75 Å².